The van der Waals surface area contributed by atoms with Crippen molar-refractivity contribution in [3.63, 3.8) is 0 Å². The highest BCUT2D eigenvalue weighted by molar-refractivity contribution is 5.95. The molecule has 1 aliphatic carbocycles. The van der Waals surface area contributed by atoms with Gasteiger partial charge in [-0.1, -0.05) is 0 Å². The van der Waals surface area contributed by atoms with Gasteiger partial charge in [-0.3, -0.25) is 14.7 Å². The molecule has 0 fully saturated rings. The normalized spacial score (nSPS) is 14.2. The molecule has 2 aromatic heterocycles. The second-order valence-corrected chi connectivity index (χ2v) is 4.81. The zero-order valence-electron chi connectivity index (χ0n) is 11.1. The van der Waals surface area contributed by atoms with Crippen molar-refractivity contribution in [1.82, 2.24) is 14.6 Å². The Kier molecular flexibility index (Phi) is 2.96. The average molecular weight is 277 g/mol. The number of aryl methyl sites for hydroxylation is 1. The minimum atomic E-state index is -0.720. The number of aromatic amines is 2. The van der Waals surface area contributed by atoms with Crippen LogP contribution in [-0.4, -0.2) is 27.2 Å². The van der Waals surface area contributed by atoms with Crippen LogP contribution in [0.3, 0.4) is 0 Å². The van der Waals surface area contributed by atoms with Crippen molar-refractivity contribution in [3.8, 4) is 0 Å². The van der Waals surface area contributed by atoms with Gasteiger partial charge in [-0.15, -0.1) is 0 Å². The van der Waals surface area contributed by atoms with Crippen LogP contribution in [0.25, 0.3) is 5.65 Å². The molecule has 0 aromatic carbocycles. The predicted octanol–water partition coefficient (Wildman–Crippen LogP) is 0.371. The molecule has 7 heteroatoms. The van der Waals surface area contributed by atoms with E-state index >= 15 is 0 Å². The van der Waals surface area contributed by atoms with E-state index < -0.39 is 11.5 Å². The summed E-state index contributed by atoms with van der Waals surface area (Å²) in [6.45, 7) is 1.83. The number of carbonyl (C=O) groups excluding carboxylic acids is 1. The van der Waals surface area contributed by atoms with Gasteiger partial charge < -0.3 is 9.72 Å². The molecule has 7 nitrogen and oxygen atoms in total. The molecule has 0 saturated carbocycles. The Balaban J connectivity index is 2.31. The fourth-order valence-electron chi connectivity index (χ4n) is 2.65. The lowest BCUT2D eigenvalue weighted by atomic mass is 9.97. The Morgan fingerprint density at radius 1 is 1.30 bits per heavy atom. The minimum absolute atomic E-state index is 0.141. The number of esters is 1. The molecule has 0 aliphatic heterocycles. The van der Waals surface area contributed by atoms with E-state index in [1.165, 1.54) is 0 Å². The first kappa shape index (κ1) is 12.7. The Morgan fingerprint density at radius 2 is 2.05 bits per heavy atom. The number of nitrogens with zero attached hydrogens (tertiary/aromatic N) is 1. The number of nitrogens with one attached hydrogen (secondary N) is 2. The number of rotatable bonds is 2. The summed E-state index contributed by atoms with van der Waals surface area (Å²) < 4.78 is 5.97. The van der Waals surface area contributed by atoms with E-state index in [4.69, 9.17) is 4.74 Å². The molecule has 0 spiro atoms. The van der Waals surface area contributed by atoms with Crippen LogP contribution < -0.4 is 11.1 Å². The molecule has 0 bridgehead atoms. The molecule has 0 atom stereocenters. The fourth-order valence-corrected chi connectivity index (χ4v) is 2.65. The molecule has 2 N–H and O–H groups in total. The van der Waals surface area contributed by atoms with Gasteiger partial charge in [0.05, 0.1) is 6.61 Å². The van der Waals surface area contributed by atoms with Crippen LogP contribution in [0, 0.1) is 0 Å². The van der Waals surface area contributed by atoms with E-state index in [0.29, 0.717) is 12.0 Å². The SMILES string of the molecule is CCOC(=O)c1c(=O)[nH]n2c(=O)c3c([nH]c12)CCCC3. The van der Waals surface area contributed by atoms with Gasteiger partial charge in [0.1, 0.15) is 0 Å². The van der Waals surface area contributed by atoms with Gasteiger partial charge in [0.25, 0.3) is 11.1 Å². The molecule has 0 amide bonds. The fraction of sp³-hybridized carbons (Fsp3) is 0.462. The molecule has 0 radical (unpaired) electrons. The Labute approximate surface area is 113 Å². The van der Waals surface area contributed by atoms with Crippen molar-refractivity contribution in [2.75, 3.05) is 6.61 Å². The van der Waals surface area contributed by atoms with Crippen molar-refractivity contribution < 1.29 is 9.53 Å². The second kappa shape index (κ2) is 4.66. The van der Waals surface area contributed by atoms with Gasteiger partial charge in [0, 0.05) is 11.3 Å². The summed E-state index contributed by atoms with van der Waals surface area (Å²) in [6, 6.07) is 0. The topological polar surface area (TPSA) is 96.4 Å². The number of fused-ring (bicyclic) bond motifs is 2. The average Bonchev–Trinajstić information content (AvgIpc) is 2.76. The molecule has 2 aromatic rings. The van der Waals surface area contributed by atoms with Gasteiger partial charge >= 0.3 is 5.97 Å². The largest absolute Gasteiger partial charge is 0.462 e. The van der Waals surface area contributed by atoms with Crippen LogP contribution >= 0.6 is 0 Å². The molecular formula is C13H15N3O4. The lowest BCUT2D eigenvalue weighted by Crippen LogP contribution is -2.25. The van der Waals surface area contributed by atoms with Crippen LogP contribution in [-0.2, 0) is 17.6 Å². The first-order valence-corrected chi connectivity index (χ1v) is 6.69. The van der Waals surface area contributed by atoms with Gasteiger partial charge in [-0.25, -0.2) is 4.79 Å². The number of carbonyl (C=O) groups is 1. The molecular weight excluding hydrogens is 262 g/mol. The number of H-pyrrole nitrogens is 2. The highest BCUT2D eigenvalue weighted by Gasteiger charge is 2.23. The van der Waals surface area contributed by atoms with Crippen LogP contribution in [0.4, 0.5) is 0 Å². The monoisotopic (exact) mass is 277 g/mol. The maximum atomic E-state index is 12.3. The lowest BCUT2D eigenvalue weighted by Gasteiger charge is -2.14. The van der Waals surface area contributed by atoms with Gasteiger partial charge in [0.15, 0.2) is 11.2 Å². The van der Waals surface area contributed by atoms with Crippen molar-refractivity contribution in [2.24, 2.45) is 0 Å². The molecule has 20 heavy (non-hydrogen) atoms. The maximum absolute atomic E-state index is 12.3. The van der Waals surface area contributed by atoms with Crippen molar-refractivity contribution in [2.45, 2.75) is 32.6 Å². The Morgan fingerprint density at radius 3 is 2.80 bits per heavy atom. The molecule has 0 saturated heterocycles. The van der Waals surface area contributed by atoms with Gasteiger partial charge in [-0.2, -0.15) is 4.52 Å². The summed E-state index contributed by atoms with van der Waals surface area (Å²) in [6.07, 6.45) is 3.39. The molecule has 1 aliphatic rings. The van der Waals surface area contributed by atoms with E-state index in [1.54, 1.807) is 6.92 Å². The summed E-state index contributed by atoms with van der Waals surface area (Å²) in [5, 5.41) is 2.40. The number of ether oxygens (including phenoxy) is 1. The van der Waals surface area contributed by atoms with Crippen molar-refractivity contribution >= 4 is 11.6 Å². The van der Waals surface area contributed by atoms with E-state index in [9.17, 15) is 14.4 Å². The standard InChI is InChI=1S/C13H15N3O4/c1-2-20-13(19)9-10-14-8-6-4-3-5-7(8)12(18)16(10)15-11(9)17/h14H,2-6H2,1H3,(H,15,17). The van der Waals surface area contributed by atoms with Crippen LogP contribution in [0.5, 0.6) is 0 Å². The van der Waals surface area contributed by atoms with E-state index in [0.717, 1.165) is 29.5 Å². The molecule has 2 heterocycles. The Bertz CT molecular complexity index is 796. The van der Waals surface area contributed by atoms with E-state index in [-0.39, 0.29) is 23.4 Å². The molecule has 3 rings (SSSR count). The third-order valence-corrected chi connectivity index (χ3v) is 3.58. The lowest BCUT2D eigenvalue weighted by molar-refractivity contribution is 0.0527. The first-order valence-electron chi connectivity index (χ1n) is 6.69. The minimum Gasteiger partial charge on any atom is -0.462 e. The first-order chi connectivity index (χ1) is 9.63. The summed E-state index contributed by atoms with van der Waals surface area (Å²) >= 11 is 0. The van der Waals surface area contributed by atoms with Crippen LogP contribution in [0.2, 0.25) is 0 Å². The van der Waals surface area contributed by atoms with Crippen LogP contribution in [0.15, 0.2) is 9.59 Å². The number of hydrogen-bond acceptors (Lipinski definition) is 4. The highest BCUT2D eigenvalue weighted by atomic mass is 16.5. The zero-order valence-corrected chi connectivity index (χ0v) is 11.1. The Hall–Kier alpha value is -2.31. The second-order valence-electron chi connectivity index (χ2n) is 4.81. The number of aromatic nitrogens is 3. The maximum Gasteiger partial charge on any atom is 0.347 e. The van der Waals surface area contributed by atoms with Crippen molar-refractivity contribution in [1.29, 1.82) is 0 Å². The summed E-state index contributed by atoms with van der Waals surface area (Å²) in [4.78, 5) is 39.1. The summed E-state index contributed by atoms with van der Waals surface area (Å²) in [7, 11) is 0. The third kappa shape index (κ3) is 1.77. The van der Waals surface area contributed by atoms with E-state index in [1.807, 2.05) is 0 Å². The third-order valence-electron chi connectivity index (χ3n) is 3.58. The van der Waals surface area contributed by atoms with Gasteiger partial charge in [-0.05, 0) is 32.6 Å². The van der Waals surface area contributed by atoms with Crippen molar-refractivity contribution in [3.05, 3.63) is 37.5 Å². The highest BCUT2D eigenvalue weighted by Crippen LogP contribution is 2.17. The smallest absolute Gasteiger partial charge is 0.347 e. The van der Waals surface area contributed by atoms with E-state index in [2.05, 4.69) is 10.1 Å². The predicted molar refractivity (Wildman–Crippen MR) is 71.2 cm³/mol. The molecule has 0 unspecified atom stereocenters. The molecule has 106 valence electrons. The number of hydrogen-bond donors (Lipinski definition) is 2. The summed E-state index contributed by atoms with van der Waals surface area (Å²) in [5.74, 6) is -0.720. The van der Waals surface area contributed by atoms with Crippen LogP contribution in [0.1, 0.15) is 41.4 Å². The van der Waals surface area contributed by atoms with Gasteiger partial charge in [0.2, 0.25) is 0 Å². The quantitative estimate of drug-likeness (QED) is 0.775. The zero-order chi connectivity index (χ0) is 14.3. The summed E-state index contributed by atoms with van der Waals surface area (Å²) in [5.41, 5.74) is 0.674.